The Morgan fingerprint density at radius 1 is 0.936 bits per heavy atom. The van der Waals surface area contributed by atoms with Gasteiger partial charge in [0.25, 0.3) is 0 Å². The van der Waals surface area contributed by atoms with Crippen molar-refractivity contribution < 1.29 is 29.3 Å². The molecule has 4 saturated carbocycles. The topological polar surface area (TPSA) is 119 Å². The number of piperazine rings is 1. The molecule has 2 atom stereocenters. The summed E-state index contributed by atoms with van der Waals surface area (Å²) in [6, 6.07) is 13.3. The van der Waals surface area contributed by atoms with Gasteiger partial charge in [-0.3, -0.25) is 14.5 Å². The molecule has 1 spiro atoms. The van der Waals surface area contributed by atoms with Crippen LogP contribution in [0.25, 0.3) is 0 Å². The maximum atomic E-state index is 14.3. The summed E-state index contributed by atoms with van der Waals surface area (Å²) in [6.45, 7) is 4.77. The van der Waals surface area contributed by atoms with Crippen LogP contribution in [-0.4, -0.2) is 75.1 Å². The first-order valence-corrected chi connectivity index (χ1v) is 17.3. The molecule has 2 aromatic rings. The third-order valence-electron chi connectivity index (χ3n) is 11.9. The van der Waals surface area contributed by atoms with Crippen LogP contribution in [0.4, 0.5) is 0 Å². The lowest BCUT2D eigenvalue weighted by Gasteiger charge is -2.60. The number of ether oxygens (including phenoxy) is 1. The molecule has 4 bridgehead atoms. The fraction of sp³-hybridized carbons (Fsp3) is 0.595. The molecule has 2 aromatic carbocycles. The van der Waals surface area contributed by atoms with Crippen LogP contribution in [0.1, 0.15) is 87.1 Å². The number of carboxylic acids is 1. The van der Waals surface area contributed by atoms with Gasteiger partial charge in [-0.25, -0.2) is 4.79 Å². The van der Waals surface area contributed by atoms with E-state index in [1.165, 1.54) is 31.4 Å². The summed E-state index contributed by atoms with van der Waals surface area (Å²) >= 11 is 0. The van der Waals surface area contributed by atoms with Crippen LogP contribution in [0.3, 0.4) is 0 Å². The lowest BCUT2D eigenvalue weighted by Crippen LogP contribution is -2.76. The largest absolute Gasteiger partial charge is 0.478 e. The van der Waals surface area contributed by atoms with E-state index in [1.807, 2.05) is 29.2 Å². The Hall–Kier alpha value is -3.14. The van der Waals surface area contributed by atoms with Gasteiger partial charge in [-0.15, -0.1) is 12.4 Å². The number of unbranched alkanes of at least 4 members (excludes halogenated alkanes) is 1. The molecule has 2 saturated heterocycles. The molecule has 2 amide bonds. The number of rotatable bonds is 10. The summed E-state index contributed by atoms with van der Waals surface area (Å²) in [5.41, 5.74) is 0.229. The molecule has 2 aliphatic heterocycles. The molecule has 3 N–H and O–H groups in total. The molecular weight excluding hydrogens is 618 g/mol. The van der Waals surface area contributed by atoms with Crippen LogP contribution < -0.4 is 10.1 Å². The molecule has 0 radical (unpaired) electrons. The van der Waals surface area contributed by atoms with E-state index in [1.54, 1.807) is 12.1 Å². The average Bonchev–Trinajstić information content (AvgIpc) is 3.04. The summed E-state index contributed by atoms with van der Waals surface area (Å²) in [6.07, 6.45) is 8.85. The van der Waals surface area contributed by atoms with Gasteiger partial charge in [0.15, 0.2) is 0 Å². The highest BCUT2D eigenvalue weighted by atomic mass is 35.5. The smallest absolute Gasteiger partial charge is 0.335 e. The van der Waals surface area contributed by atoms with Crippen molar-refractivity contribution in [3.8, 4) is 11.5 Å². The van der Waals surface area contributed by atoms with E-state index in [2.05, 4.69) is 17.1 Å². The third-order valence-corrected chi connectivity index (χ3v) is 11.9. The molecule has 2 heterocycles. The van der Waals surface area contributed by atoms with Crippen LogP contribution in [-0.2, 0) is 16.1 Å². The maximum Gasteiger partial charge on any atom is 0.335 e. The number of carbonyl (C=O) groups is 3. The van der Waals surface area contributed by atoms with Gasteiger partial charge in [0.2, 0.25) is 11.8 Å². The number of aliphatic hydroxyl groups is 1. The van der Waals surface area contributed by atoms with Gasteiger partial charge in [0.1, 0.15) is 23.1 Å². The van der Waals surface area contributed by atoms with E-state index in [0.717, 1.165) is 44.2 Å². The van der Waals surface area contributed by atoms with Crippen LogP contribution in [0, 0.1) is 23.2 Å². The van der Waals surface area contributed by atoms with Crippen molar-refractivity contribution in [3.63, 3.8) is 0 Å². The number of piperidine rings is 1. The molecule has 8 rings (SSSR count). The first-order chi connectivity index (χ1) is 22.2. The van der Waals surface area contributed by atoms with Gasteiger partial charge in [0, 0.05) is 26.2 Å². The number of halogens is 1. The van der Waals surface area contributed by atoms with Gasteiger partial charge in [0.05, 0.1) is 11.7 Å². The number of benzene rings is 2. The highest BCUT2D eigenvalue weighted by Gasteiger charge is 2.60. The Kier molecular flexibility index (Phi) is 9.62. The second-order valence-electron chi connectivity index (χ2n) is 14.9. The summed E-state index contributed by atoms with van der Waals surface area (Å²) in [7, 11) is 0. The van der Waals surface area contributed by atoms with Crippen molar-refractivity contribution in [2.24, 2.45) is 23.2 Å². The number of hydrogen-bond acceptors (Lipinski definition) is 6. The van der Waals surface area contributed by atoms with E-state index in [-0.39, 0.29) is 35.2 Å². The Balaban J connectivity index is 0.00000386. The number of carbonyl (C=O) groups excluding carboxylic acids is 2. The number of aliphatic hydroxyl groups excluding tert-OH is 1. The second-order valence-corrected chi connectivity index (χ2v) is 14.9. The number of hydrogen-bond donors (Lipinski definition) is 3. The Bertz CT molecular complexity index is 1420. The molecule has 0 unspecified atom stereocenters. The zero-order chi connectivity index (χ0) is 32.1. The Morgan fingerprint density at radius 3 is 2.02 bits per heavy atom. The van der Waals surface area contributed by atoms with Crippen molar-refractivity contribution in [2.75, 3.05) is 19.6 Å². The number of aromatic carboxylic acids is 1. The minimum Gasteiger partial charge on any atom is -0.478 e. The number of amides is 2. The highest BCUT2D eigenvalue weighted by molar-refractivity contribution is 6.00. The lowest BCUT2D eigenvalue weighted by molar-refractivity contribution is -0.175. The number of likely N-dealkylation sites (tertiary alicyclic amines) is 1. The van der Waals surface area contributed by atoms with Crippen LogP contribution in [0.2, 0.25) is 0 Å². The van der Waals surface area contributed by atoms with Gasteiger partial charge in [-0.2, -0.15) is 0 Å². The molecule has 0 aromatic heterocycles. The number of nitrogens with zero attached hydrogens (tertiary/aromatic N) is 2. The number of carboxylic acid groups (broad SMARTS) is 1. The summed E-state index contributed by atoms with van der Waals surface area (Å²) in [4.78, 5) is 43.6. The molecule has 6 fully saturated rings. The van der Waals surface area contributed by atoms with Gasteiger partial charge in [-0.1, -0.05) is 25.5 Å². The summed E-state index contributed by atoms with van der Waals surface area (Å²) in [5.74, 6) is 2.06. The minimum atomic E-state index is -0.973. The van der Waals surface area contributed by atoms with Crippen LogP contribution in [0.15, 0.2) is 48.5 Å². The summed E-state index contributed by atoms with van der Waals surface area (Å²) < 4.78 is 5.89. The van der Waals surface area contributed by atoms with Gasteiger partial charge < -0.3 is 25.2 Å². The van der Waals surface area contributed by atoms with Crippen LogP contribution in [0.5, 0.6) is 11.5 Å². The lowest BCUT2D eigenvalue weighted by atomic mass is 9.47. The molecule has 47 heavy (non-hydrogen) atoms. The summed E-state index contributed by atoms with van der Waals surface area (Å²) in [5, 5.41) is 24.1. The molecule has 6 aliphatic rings. The third kappa shape index (κ3) is 6.39. The maximum absolute atomic E-state index is 14.3. The second kappa shape index (κ2) is 13.4. The van der Waals surface area contributed by atoms with Gasteiger partial charge in [-0.05, 0) is 123 Å². The quantitative estimate of drug-likeness (QED) is 0.301. The zero-order valence-electron chi connectivity index (χ0n) is 27.2. The van der Waals surface area contributed by atoms with E-state index in [9.17, 15) is 19.5 Å². The predicted octanol–water partition coefficient (Wildman–Crippen LogP) is 5.64. The molecule has 9 nitrogen and oxygen atoms in total. The monoisotopic (exact) mass is 665 g/mol. The molecular formula is C37H48ClN3O6. The zero-order valence-corrected chi connectivity index (χ0v) is 28.1. The fourth-order valence-corrected chi connectivity index (χ4v) is 9.89. The predicted molar refractivity (Wildman–Crippen MR) is 180 cm³/mol. The Labute approximate surface area is 283 Å². The van der Waals surface area contributed by atoms with Crippen molar-refractivity contribution in [3.05, 3.63) is 59.7 Å². The normalized spacial score (nSPS) is 30.1. The standard InChI is InChI=1S/C37H47N3O6.ClH/c1-2-3-14-40-33(42)31(32(41)36-20-25-17-26(21-36)19-27(18-25)22-36)38-35(45)37(40)12-15-39(16-13-37)23-24-4-8-29(9-5-24)46-30-10-6-28(7-11-30)34(43)44;/h4-11,25-27,31-32,41H,2-3,12-23H2,1H3,(H,38,45)(H,43,44);1H/t25?,26?,27?,31-,32+,36?;/m1./s1. The van der Waals surface area contributed by atoms with Crippen molar-refractivity contribution >= 4 is 30.2 Å². The van der Waals surface area contributed by atoms with Crippen molar-refractivity contribution in [2.45, 2.75) is 95.4 Å². The van der Waals surface area contributed by atoms with Gasteiger partial charge >= 0.3 is 5.97 Å². The molecule has 10 heteroatoms. The van der Waals surface area contributed by atoms with E-state index >= 15 is 0 Å². The Morgan fingerprint density at radius 2 is 1.49 bits per heavy atom. The van der Waals surface area contributed by atoms with Crippen molar-refractivity contribution in [1.82, 2.24) is 15.1 Å². The average molecular weight is 666 g/mol. The fourth-order valence-electron chi connectivity index (χ4n) is 9.89. The van der Waals surface area contributed by atoms with E-state index in [0.29, 0.717) is 61.7 Å². The first kappa shape index (κ1) is 33.7. The first-order valence-electron chi connectivity index (χ1n) is 17.3. The van der Waals surface area contributed by atoms with Crippen molar-refractivity contribution in [1.29, 1.82) is 0 Å². The SMILES string of the molecule is CCCCN1C(=O)[C@@H]([C@H](O)C23CC4CC(CC(C4)C2)C3)NC(=O)C12CCN(Cc1ccc(Oc3ccc(C(=O)O)cc3)cc1)CC2.Cl. The number of nitrogens with one attached hydrogen (secondary N) is 1. The highest BCUT2D eigenvalue weighted by Crippen LogP contribution is 2.62. The van der Waals surface area contributed by atoms with E-state index < -0.39 is 23.7 Å². The molecule has 254 valence electrons. The molecule has 4 aliphatic carbocycles. The van der Waals surface area contributed by atoms with E-state index in [4.69, 9.17) is 9.84 Å². The van der Waals surface area contributed by atoms with Crippen LogP contribution >= 0.6 is 12.4 Å². The minimum absolute atomic E-state index is 0.